The fraction of sp³-hybridized carbons (Fsp3) is 0.500. The molecule has 0 bridgehead atoms. The average molecular weight is 339 g/mol. The summed E-state index contributed by atoms with van der Waals surface area (Å²) in [5.41, 5.74) is 2.25. The van der Waals surface area contributed by atoms with E-state index >= 15 is 0 Å². The summed E-state index contributed by atoms with van der Waals surface area (Å²) in [7, 11) is 0. The van der Waals surface area contributed by atoms with E-state index in [1.807, 2.05) is 19.9 Å². The predicted octanol–water partition coefficient (Wildman–Crippen LogP) is 1.97. The number of aryl methyl sites for hydroxylation is 2. The summed E-state index contributed by atoms with van der Waals surface area (Å²) < 4.78 is 5.83. The van der Waals surface area contributed by atoms with Crippen molar-refractivity contribution in [2.24, 2.45) is 0 Å². The summed E-state index contributed by atoms with van der Waals surface area (Å²) in [6.07, 6.45) is 5.36. The van der Waals surface area contributed by atoms with Crippen LogP contribution in [-0.2, 0) is 4.74 Å². The molecule has 4 rings (SSSR count). The normalized spacial score (nSPS) is 20.6. The number of ether oxygens (including phenoxy) is 1. The second-order valence-electron chi connectivity index (χ2n) is 6.70. The van der Waals surface area contributed by atoms with Crippen LogP contribution in [0.3, 0.4) is 0 Å². The number of amides is 1. The van der Waals surface area contributed by atoms with Gasteiger partial charge in [0.25, 0.3) is 5.91 Å². The van der Waals surface area contributed by atoms with Gasteiger partial charge in [-0.15, -0.1) is 0 Å². The largest absolute Gasteiger partial charge is 0.368 e. The zero-order valence-corrected chi connectivity index (χ0v) is 14.5. The highest BCUT2D eigenvalue weighted by molar-refractivity contribution is 5.93. The quantitative estimate of drug-likeness (QED) is 0.850. The lowest BCUT2D eigenvalue weighted by molar-refractivity contribution is -0.0249. The van der Waals surface area contributed by atoms with Gasteiger partial charge in [0.05, 0.1) is 24.4 Å². The van der Waals surface area contributed by atoms with Crippen LogP contribution < -0.4 is 0 Å². The zero-order chi connectivity index (χ0) is 17.4. The van der Waals surface area contributed by atoms with Gasteiger partial charge in [-0.3, -0.25) is 4.79 Å². The molecule has 1 saturated heterocycles. The van der Waals surface area contributed by atoms with E-state index in [1.54, 1.807) is 17.3 Å². The molecule has 1 aliphatic carbocycles. The lowest BCUT2D eigenvalue weighted by atomic mass is 10.1. The maximum atomic E-state index is 12.8. The van der Waals surface area contributed by atoms with Gasteiger partial charge in [0.15, 0.2) is 0 Å². The molecule has 1 aliphatic heterocycles. The molecule has 3 heterocycles. The first-order valence-corrected chi connectivity index (χ1v) is 8.65. The van der Waals surface area contributed by atoms with Crippen LogP contribution in [0.15, 0.2) is 18.5 Å². The maximum absolute atomic E-state index is 12.8. The maximum Gasteiger partial charge on any atom is 0.257 e. The Morgan fingerprint density at radius 1 is 1.20 bits per heavy atom. The van der Waals surface area contributed by atoms with Crippen molar-refractivity contribution >= 4 is 5.91 Å². The summed E-state index contributed by atoms with van der Waals surface area (Å²) in [6, 6.07) is 1.92. The van der Waals surface area contributed by atoms with Gasteiger partial charge in [0.2, 0.25) is 0 Å². The fourth-order valence-corrected chi connectivity index (χ4v) is 3.11. The second-order valence-corrected chi connectivity index (χ2v) is 6.70. The monoisotopic (exact) mass is 339 g/mol. The van der Waals surface area contributed by atoms with Crippen molar-refractivity contribution in [3.8, 4) is 0 Å². The van der Waals surface area contributed by atoms with Crippen LogP contribution in [0.25, 0.3) is 0 Å². The molecular formula is C18H21N5O2. The zero-order valence-electron chi connectivity index (χ0n) is 14.5. The number of hydrogen-bond acceptors (Lipinski definition) is 6. The van der Waals surface area contributed by atoms with Crippen LogP contribution >= 0.6 is 0 Å². The number of morpholine rings is 1. The Labute approximate surface area is 146 Å². The van der Waals surface area contributed by atoms with Crippen LogP contribution in [0, 0.1) is 13.8 Å². The molecule has 2 aromatic rings. The number of hydrogen-bond donors (Lipinski definition) is 0. The smallest absolute Gasteiger partial charge is 0.257 e. The van der Waals surface area contributed by atoms with E-state index in [1.165, 1.54) is 0 Å². The number of aromatic nitrogens is 4. The Balaban J connectivity index is 1.49. The van der Waals surface area contributed by atoms with E-state index in [2.05, 4.69) is 19.9 Å². The van der Waals surface area contributed by atoms with Gasteiger partial charge >= 0.3 is 0 Å². The van der Waals surface area contributed by atoms with Crippen LogP contribution in [0.4, 0.5) is 0 Å². The standard InChI is InChI=1S/C18H21N5O2/c1-11-7-15(22-12(2)21-11)16-10-23(5-6-25-16)18(24)14-8-19-17(20-9-14)13-3-4-13/h7-9,13,16H,3-6,10H2,1-2H3/t16-/m0/s1. The molecule has 2 aromatic heterocycles. The third kappa shape index (κ3) is 3.51. The fourth-order valence-electron chi connectivity index (χ4n) is 3.11. The Bertz CT molecular complexity index is 768. The van der Waals surface area contributed by atoms with Gasteiger partial charge in [-0.05, 0) is 32.8 Å². The van der Waals surface area contributed by atoms with Gasteiger partial charge in [-0.2, -0.15) is 0 Å². The van der Waals surface area contributed by atoms with E-state index in [0.717, 1.165) is 30.1 Å². The summed E-state index contributed by atoms with van der Waals surface area (Å²) in [5, 5.41) is 0. The highest BCUT2D eigenvalue weighted by Gasteiger charge is 2.29. The van der Waals surface area contributed by atoms with Gasteiger partial charge in [0, 0.05) is 30.6 Å². The second kappa shape index (κ2) is 6.48. The molecule has 7 nitrogen and oxygen atoms in total. The molecule has 2 aliphatic rings. The van der Waals surface area contributed by atoms with Crippen molar-refractivity contribution in [2.45, 2.75) is 38.7 Å². The van der Waals surface area contributed by atoms with Gasteiger partial charge in [-0.25, -0.2) is 19.9 Å². The Morgan fingerprint density at radius 3 is 2.64 bits per heavy atom. The third-order valence-corrected chi connectivity index (χ3v) is 4.53. The Hall–Kier alpha value is -2.41. The molecule has 0 spiro atoms. The van der Waals surface area contributed by atoms with Crippen LogP contribution in [0.5, 0.6) is 0 Å². The van der Waals surface area contributed by atoms with Crippen molar-refractivity contribution in [1.29, 1.82) is 0 Å². The van der Waals surface area contributed by atoms with Crippen LogP contribution in [0.2, 0.25) is 0 Å². The van der Waals surface area contributed by atoms with Gasteiger partial charge in [0.1, 0.15) is 17.8 Å². The van der Waals surface area contributed by atoms with Crippen molar-refractivity contribution in [2.75, 3.05) is 19.7 Å². The molecule has 0 unspecified atom stereocenters. The highest BCUT2D eigenvalue weighted by atomic mass is 16.5. The molecule has 1 atom stereocenters. The van der Waals surface area contributed by atoms with Crippen molar-refractivity contribution in [3.63, 3.8) is 0 Å². The predicted molar refractivity (Wildman–Crippen MR) is 90.1 cm³/mol. The summed E-state index contributed by atoms with van der Waals surface area (Å²) in [5.74, 6) is 1.99. The first-order valence-electron chi connectivity index (χ1n) is 8.65. The van der Waals surface area contributed by atoms with E-state index in [9.17, 15) is 4.79 Å². The first kappa shape index (κ1) is 16.1. The van der Waals surface area contributed by atoms with Gasteiger partial charge < -0.3 is 9.64 Å². The van der Waals surface area contributed by atoms with E-state index in [0.29, 0.717) is 37.0 Å². The molecule has 7 heteroatoms. The van der Waals surface area contributed by atoms with E-state index in [4.69, 9.17) is 4.74 Å². The molecule has 0 N–H and O–H groups in total. The number of nitrogens with zero attached hydrogens (tertiary/aromatic N) is 5. The van der Waals surface area contributed by atoms with Crippen LogP contribution in [0.1, 0.15) is 58.3 Å². The topological polar surface area (TPSA) is 81.1 Å². The average Bonchev–Trinajstić information content (AvgIpc) is 3.46. The van der Waals surface area contributed by atoms with E-state index < -0.39 is 0 Å². The van der Waals surface area contributed by atoms with Gasteiger partial charge in [-0.1, -0.05) is 0 Å². The van der Waals surface area contributed by atoms with Crippen LogP contribution in [-0.4, -0.2) is 50.4 Å². The number of carbonyl (C=O) groups is 1. The minimum atomic E-state index is -0.232. The molecule has 25 heavy (non-hydrogen) atoms. The molecule has 1 saturated carbocycles. The summed E-state index contributed by atoms with van der Waals surface area (Å²) >= 11 is 0. The SMILES string of the molecule is Cc1cc([C@@H]2CN(C(=O)c3cnc(C4CC4)nc3)CCO2)nc(C)n1. The van der Waals surface area contributed by atoms with Crippen molar-refractivity contribution in [3.05, 3.63) is 47.1 Å². The molecule has 0 aromatic carbocycles. The highest BCUT2D eigenvalue weighted by Crippen LogP contribution is 2.37. The molecular weight excluding hydrogens is 318 g/mol. The number of carbonyl (C=O) groups excluding carboxylic acids is 1. The Kier molecular flexibility index (Phi) is 4.17. The number of rotatable bonds is 3. The van der Waals surface area contributed by atoms with Crippen molar-refractivity contribution < 1.29 is 9.53 Å². The molecule has 0 radical (unpaired) electrons. The lowest BCUT2D eigenvalue weighted by Gasteiger charge is -2.32. The molecule has 130 valence electrons. The van der Waals surface area contributed by atoms with Crippen molar-refractivity contribution in [1.82, 2.24) is 24.8 Å². The summed E-state index contributed by atoms with van der Waals surface area (Å²) in [4.78, 5) is 32.0. The third-order valence-electron chi connectivity index (χ3n) is 4.53. The first-order chi connectivity index (χ1) is 12.1. The summed E-state index contributed by atoms with van der Waals surface area (Å²) in [6.45, 7) is 5.31. The molecule has 2 fully saturated rings. The minimum absolute atomic E-state index is 0.0573. The Morgan fingerprint density at radius 2 is 1.96 bits per heavy atom. The minimum Gasteiger partial charge on any atom is -0.368 e. The lowest BCUT2D eigenvalue weighted by Crippen LogP contribution is -2.42. The van der Waals surface area contributed by atoms with E-state index in [-0.39, 0.29) is 12.0 Å². The molecule has 1 amide bonds.